The Kier molecular flexibility index (Phi) is 3.39. The maximum absolute atomic E-state index is 12.1. The summed E-state index contributed by atoms with van der Waals surface area (Å²) in [7, 11) is 0. The number of hydrogen-bond acceptors (Lipinski definition) is 3. The number of amides is 1. The molecule has 16 heavy (non-hydrogen) atoms. The fraction of sp³-hybridized carbons (Fsp3) is 0.500. The summed E-state index contributed by atoms with van der Waals surface area (Å²) in [6.07, 6.45) is 6.22. The Morgan fingerprint density at radius 1 is 1.19 bits per heavy atom. The van der Waals surface area contributed by atoms with E-state index in [1.807, 2.05) is 4.90 Å². The third-order valence-corrected chi connectivity index (χ3v) is 2.93. The van der Waals surface area contributed by atoms with Crippen molar-refractivity contribution in [1.29, 1.82) is 0 Å². The second-order valence-corrected chi connectivity index (χ2v) is 4.18. The van der Waals surface area contributed by atoms with Gasteiger partial charge >= 0.3 is 0 Å². The van der Waals surface area contributed by atoms with Gasteiger partial charge < -0.3 is 10.6 Å². The van der Waals surface area contributed by atoms with Gasteiger partial charge in [-0.2, -0.15) is 0 Å². The summed E-state index contributed by atoms with van der Waals surface area (Å²) >= 11 is 0. The summed E-state index contributed by atoms with van der Waals surface area (Å²) in [4.78, 5) is 18.0. The summed E-state index contributed by atoms with van der Waals surface area (Å²) < 4.78 is 0. The Bertz CT molecular complexity index is 353. The quantitative estimate of drug-likeness (QED) is 0.781. The molecule has 86 valence electrons. The zero-order valence-corrected chi connectivity index (χ0v) is 9.35. The van der Waals surface area contributed by atoms with Gasteiger partial charge in [0.15, 0.2) is 0 Å². The maximum Gasteiger partial charge on any atom is 0.255 e. The Labute approximate surface area is 95.5 Å². The molecular formula is C12H17N3O. The molecule has 0 bridgehead atoms. The first-order chi connectivity index (χ1) is 7.77. The highest BCUT2D eigenvalue weighted by atomic mass is 16.2. The number of nitrogen functional groups attached to an aromatic ring is 1. The molecule has 4 heteroatoms. The first-order valence-electron chi connectivity index (χ1n) is 5.78. The highest BCUT2D eigenvalue weighted by Crippen LogP contribution is 2.13. The van der Waals surface area contributed by atoms with E-state index < -0.39 is 0 Å². The van der Waals surface area contributed by atoms with E-state index in [0.717, 1.165) is 25.9 Å². The van der Waals surface area contributed by atoms with E-state index in [1.165, 1.54) is 12.8 Å². The molecule has 2 heterocycles. The molecule has 1 aromatic rings. The van der Waals surface area contributed by atoms with Crippen LogP contribution in [-0.2, 0) is 0 Å². The molecule has 2 rings (SSSR count). The predicted molar refractivity (Wildman–Crippen MR) is 63.0 cm³/mol. The number of likely N-dealkylation sites (tertiary alicyclic amines) is 1. The van der Waals surface area contributed by atoms with Crippen molar-refractivity contribution in [2.75, 3.05) is 18.8 Å². The number of rotatable bonds is 1. The van der Waals surface area contributed by atoms with Crippen LogP contribution in [0.4, 0.5) is 5.82 Å². The van der Waals surface area contributed by atoms with Crippen LogP contribution in [0.25, 0.3) is 0 Å². The molecule has 0 atom stereocenters. The molecule has 0 aromatic carbocycles. The maximum atomic E-state index is 12.1. The summed E-state index contributed by atoms with van der Waals surface area (Å²) in [6.45, 7) is 1.73. The minimum absolute atomic E-state index is 0.0781. The lowest BCUT2D eigenvalue weighted by atomic mass is 10.2. The predicted octanol–water partition coefficient (Wildman–Crippen LogP) is 1.68. The van der Waals surface area contributed by atoms with Gasteiger partial charge in [0, 0.05) is 19.3 Å². The van der Waals surface area contributed by atoms with Crippen molar-refractivity contribution < 1.29 is 4.79 Å². The van der Waals surface area contributed by atoms with Gasteiger partial charge in [0.25, 0.3) is 5.91 Å². The fourth-order valence-electron chi connectivity index (χ4n) is 1.99. The highest BCUT2D eigenvalue weighted by Gasteiger charge is 2.17. The smallest absolute Gasteiger partial charge is 0.255 e. The van der Waals surface area contributed by atoms with Crippen molar-refractivity contribution in [3.05, 3.63) is 23.9 Å². The lowest BCUT2D eigenvalue weighted by molar-refractivity contribution is 0.0761. The number of carbonyl (C=O) groups is 1. The molecule has 0 saturated carbocycles. The number of nitrogens with zero attached hydrogens (tertiary/aromatic N) is 2. The highest BCUT2D eigenvalue weighted by molar-refractivity contribution is 5.94. The number of aromatic nitrogens is 1. The lowest BCUT2D eigenvalue weighted by Crippen LogP contribution is -2.31. The van der Waals surface area contributed by atoms with Crippen molar-refractivity contribution in [2.24, 2.45) is 0 Å². The number of anilines is 1. The van der Waals surface area contributed by atoms with Crippen LogP contribution in [0.1, 0.15) is 36.0 Å². The van der Waals surface area contributed by atoms with Gasteiger partial charge in [-0.15, -0.1) is 0 Å². The number of carbonyl (C=O) groups excluding carboxylic acids is 1. The molecule has 1 aliphatic rings. The second kappa shape index (κ2) is 4.96. The largest absolute Gasteiger partial charge is 0.384 e. The Morgan fingerprint density at radius 3 is 2.44 bits per heavy atom. The molecular weight excluding hydrogens is 202 g/mol. The van der Waals surface area contributed by atoms with E-state index in [4.69, 9.17) is 5.73 Å². The normalized spacial score (nSPS) is 16.9. The standard InChI is InChI=1S/C12H17N3O/c13-11-6-5-10(9-14-11)12(16)15-7-3-1-2-4-8-15/h5-6,9H,1-4,7-8H2,(H2,13,14). The molecule has 1 aromatic heterocycles. The first-order valence-corrected chi connectivity index (χ1v) is 5.78. The molecule has 1 aliphatic heterocycles. The number of pyridine rings is 1. The van der Waals surface area contributed by atoms with E-state index in [2.05, 4.69) is 4.98 Å². The van der Waals surface area contributed by atoms with E-state index in [0.29, 0.717) is 11.4 Å². The van der Waals surface area contributed by atoms with E-state index in [-0.39, 0.29) is 5.91 Å². The van der Waals surface area contributed by atoms with Gasteiger partial charge in [0.1, 0.15) is 5.82 Å². The molecule has 1 amide bonds. The third-order valence-electron chi connectivity index (χ3n) is 2.93. The Morgan fingerprint density at radius 2 is 1.88 bits per heavy atom. The van der Waals surface area contributed by atoms with Gasteiger partial charge in [-0.05, 0) is 25.0 Å². The van der Waals surface area contributed by atoms with Crippen LogP contribution in [-0.4, -0.2) is 28.9 Å². The summed E-state index contributed by atoms with van der Waals surface area (Å²) in [5, 5.41) is 0. The van der Waals surface area contributed by atoms with Crippen molar-refractivity contribution >= 4 is 11.7 Å². The first kappa shape index (κ1) is 10.9. The van der Waals surface area contributed by atoms with E-state index in [9.17, 15) is 4.79 Å². The lowest BCUT2D eigenvalue weighted by Gasteiger charge is -2.20. The van der Waals surface area contributed by atoms with Gasteiger partial charge in [-0.25, -0.2) is 4.98 Å². The van der Waals surface area contributed by atoms with Gasteiger partial charge in [0.05, 0.1) is 5.56 Å². The molecule has 1 saturated heterocycles. The minimum Gasteiger partial charge on any atom is -0.384 e. The van der Waals surface area contributed by atoms with Gasteiger partial charge in [0.2, 0.25) is 0 Å². The van der Waals surface area contributed by atoms with Crippen LogP contribution in [0, 0.1) is 0 Å². The molecule has 1 fully saturated rings. The van der Waals surface area contributed by atoms with Crippen LogP contribution in [0.2, 0.25) is 0 Å². The molecule has 0 spiro atoms. The topological polar surface area (TPSA) is 59.2 Å². The van der Waals surface area contributed by atoms with Crippen molar-refractivity contribution in [3.63, 3.8) is 0 Å². The third kappa shape index (κ3) is 2.51. The van der Waals surface area contributed by atoms with Crippen LogP contribution in [0.15, 0.2) is 18.3 Å². The minimum atomic E-state index is 0.0781. The summed E-state index contributed by atoms with van der Waals surface area (Å²) in [6, 6.07) is 3.42. The van der Waals surface area contributed by atoms with Gasteiger partial charge in [-0.1, -0.05) is 12.8 Å². The molecule has 2 N–H and O–H groups in total. The van der Waals surface area contributed by atoms with Crippen molar-refractivity contribution in [3.8, 4) is 0 Å². The van der Waals surface area contributed by atoms with Gasteiger partial charge in [-0.3, -0.25) is 4.79 Å². The zero-order chi connectivity index (χ0) is 11.4. The zero-order valence-electron chi connectivity index (χ0n) is 9.35. The Hall–Kier alpha value is -1.58. The number of hydrogen-bond donors (Lipinski definition) is 1. The Balaban J connectivity index is 2.08. The van der Waals surface area contributed by atoms with Crippen LogP contribution < -0.4 is 5.73 Å². The molecule has 0 unspecified atom stereocenters. The SMILES string of the molecule is Nc1ccc(C(=O)N2CCCCCC2)cn1. The van der Waals surface area contributed by atoms with E-state index in [1.54, 1.807) is 18.3 Å². The monoisotopic (exact) mass is 219 g/mol. The summed E-state index contributed by atoms with van der Waals surface area (Å²) in [5.41, 5.74) is 6.13. The van der Waals surface area contributed by atoms with E-state index >= 15 is 0 Å². The average molecular weight is 219 g/mol. The summed E-state index contributed by atoms with van der Waals surface area (Å²) in [5.74, 6) is 0.529. The molecule has 0 radical (unpaired) electrons. The second-order valence-electron chi connectivity index (χ2n) is 4.18. The van der Waals surface area contributed by atoms with Crippen molar-refractivity contribution in [1.82, 2.24) is 9.88 Å². The number of nitrogens with two attached hydrogens (primary N) is 1. The van der Waals surface area contributed by atoms with Crippen LogP contribution >= 0.6 is 0 Å². The van der Waals surface area contributed by atoms with Crippen LogP contribution in [0.3, 0.4) is 0 Å². The molecule has 0 aliphatic carbocycles. The average Bonchev–Trinajstić information content (AvgIpc) is 2.57. The van der Waals surface area contributed by atoms with Crippen LogP contribution in [0.5, 0.6) is 0 Å². The molecule has 4 nitrogen and oxygen atoms in total. The van der Waals surface area contributed by atoms with Crippen molar-refractivity contribution in [2.45, 2.75) is 25.7 Å². The fourth-order valence-corrected chi connectivity index (χ4v) is 1.99.